The van der Waals surface area contributed by atoms with Gasteiger partial charge in [0.25, 0.3) is 5.60 Å². The first-order valence-corrected chi connectivity index (χ1v) is 8.33. The number of aromatic nitrogens is 3. The van der Waals surface area contributed by atoms with Crippen molar-refractivity contribution in [1.82, 2.24) is 14.8 Å². The Balaban J connectivity index is 2.42. The average molecular weight is 424 g/mol. The highest BCUT2D eigenvalue weighted by Crippen LogP contribution is 2.48. The van der Waals surface area contributed by atoms with E-state index in [1.165, 1.54) is 37.1 Å². The molecule has 0 saturated heterocycles. The number of pyridine rings is 1. The minimum absolute atomic E-state index is 0.0794. The lowest BCUT2D eigenvalue weighted by atomic mass is 9.96. The van der Waals surface area contributed by atoms with Crippen LogP contribution >= 0.6 is 0 Å². The van der Waals surface area contributed by atoms with Gasteiger partial charge in [0.2, 0.25) is 5.91 Å². The second kappa shape index (κ2) is 8.01. The first-order valence-electron chi connectivity index (χ1n) is 8.33. The number of carbonyl (C=O) groups excluding carboxylic acids is 1. The lowest BCUT2D eigenvalue weighted by Crippen LogP contribution is -2.60. The molecule has 0 aliphatic rings. The number of methoxy groups -OCH3 is 1. The van der Waals surface area contributed by atoms with Crippen LogP contribution in [0.5, 0.6) is 0 Å². The Hall–Kier alpha value is -2.63. The van der Waals surface area contributed by atoms with Gasteiger partial charge in [-0.2, -0.15) is 31.4 Å². The second-order valence-corrected chi connectivity index (χ2v) is 6.10. The molecule has 0 atom stereocenters. The molecule has 6 nitrogen and oxygen atoms in total. The summed E-state index contributed by atoms with van der Waals surface area (Å²) >= 11 is 0. The third kappa shape index (κ3) is 4.21. The molecule has 12 heteroatoms. The van der Waals surface area contributed by atoms with Gasteiger partial charge < -0.3 is 9.64 Å². The van der Waals surface area contributed by atoms with Crippen LogP contribution < -0.4 is 4.90 Å². The molecule has 0 fully saturated rings. The molecule has 160 valence electrons. The van der Waals surface area contributed by atoms with E-state index in [2.05, 4.69) is 14.8 Å². The quantitative estimate of drug-likeness (QED) is 0.662. The molecule has 2 aromatic heterocycles. The van der Waals surface area contributed by atoms with Crippen molar-refractivity contribution in [2.24, 2.45) is 0 Å². The van der Waals surface area contributed by atoms with Crippen molar-refractivity contribution < 1.29 is 35.9 Å². The van der Waals surface area contributed by atoms with E-state index in [9.17, 15) is 31.1 Å². The number of halogens is 6. The van der Waals surface area contributed by atoms with E-state index in [0.717, 1.165) is 4.90 Å². The van der Waals surface area contributed by atoms with Crippen LogP contribution in [0, 0.1) is 6.92 Å². The highest BCUT2D eigenvalue weighted by Gasteiger charge is 2.72. The molecule has 0 radical (unpaired) electrons. The SMILES string of the molecule is CCN(C(=O)CC(OC)(C(F)(F)F)C(F)(F)F)c1cn(-c2cccnc2)nc1C. The summed E-state index contributed by atoms with van der Waals surface area (Å²) in [6.45, 7) is 2.73. The molecule has 2 aromatic rings. The molecule has 1 amide bonds. The Morgan fingerprint density at radius 1 is 1.21 bits per heavy atom. The minimum Gasteiger partial charge on any atom is -0.361 e. The Kier molecular flexibility index (Phi) is 6.26. The molecule has 0 aromatic carbocycles. The van der Waals surface area contributed by atoms with Gasteiger partial charge in [-0.25, -0.2) is 4.68 Å². The van der Waals surface area contributed by atoms with Crippen LogP contribution in [0.25, 0.3) is 5.69 Å². The first kappa shape index (κ1) is 22.7. The number of alkyl halides is 6. The predicted molar refractivity (Wildman–Crippen MR) is 90.6 cm³/mol. The van der Waals surface area contributed by atoms with Gasteiger partial charge in [0.15, 0.2) is 0 Å². The fraction of sp³-hybridized carbons (Fsp3) is 0.471. The molecule has 0 spiro atoms. The van der Waals surface area contributed by atoms with Crippen LogP contribution in [0.2, 0.25) is 0 Å². The van der Waals surface area contributed by atoms with Crippen LogP contribution in [-0.4, -0.2) is 52.3 Å². The zero-order valence-electron chi connectivity index (χ0n) is 15.7. The predicted octanol–water partition coefficient (Wildman–Crippen LogP) is 3.83. The monoisotopic (exact) mass is 424 g/mol. The van der Waals surface area contributed by atoms with Crippen LogP contribution in [-0.2, 0) is 9.53 Å². The van der Waals surface area contributed by atoms with Crippen molar-refractivity contribution in [1.29, 1.82) is 0 Å². The number of hydrogen-bond donors (Lipinski definition) is 0. The summed E-state index contributed by atoms with van der Waals surface area (Å²) in [6.07, 6.45) is -9.34. The van der Waals surface area contributed by atoms with Gasteiger partial charge in [-0.1, -0.05) is 0 Å². The van der Waals surface area contributed by atoms with Crippen molar-refractivity contribution in [3.05, 3.63) is 36.4 Å². The van der Waals surface area contributed by atoms with Crippen molar-refractivity contribution >= 4 is 11.6 Å². The maximum absolute atomic E-state index is 13.3. The lowest BCUT2D eigenvalue weighted by molar-refractivity contribution is -0.373. The molecule has 0 aliphatic heterocycles. The van der Waals surface area contributed by atoms with Gasteiger partial charge in [-0.3, -0.25) is 9.78 Å². The van der Waals surface area contributed by atoms with E-state index >= 15 is 0 Å². The molecule has 0 N–H and O–H groups in total. The van der Waals surface area contributed by atoms with E-state index in [1.807, 2.05) is 0 Å². The summed E-state index contributed by atoms with van der Waals surface area (Å²) in [5.74, 6) is -1.40. The molecule has 0 bridgehead atoms. The van der Waals surface area contributed by atoms with Crippen LogP contribution in [0.4, 0.5) is 32.0 Å². The molecular weight excluding hydrogens is 406 g/mol. The summed E-state index contributed by atoms with van der Waals surface area (Å²) in [4.78, 5) is 17.2. The van der Waals surface area contributed by atoms with Crippen molar-refractivity contribution in [3.63, 3.8) is 0 Å². The molecular formula is C17H18F6N4O2. The highest BCUT2D eigenvalue weighted by atomic mass is 19.4. The number of amides is 1. The minimum atomic E-state index is -5.84. The zero-order chi connectivity index (χ0) is 22.0. The number of ether oxygens (including phenoxy) is 1. The Labute approximate surface area is 162 Å². The maximum Gasteiger partial charge on any atom is 0.427 e. The van der Waals surface area contributed by atoms with Crippen molar-refractivity contribution in [2.45, 2.75) is 38.2 Å². The van der Waals surface area contributed by atoms with Gasteiger partial charge in [0.05, 0.1) is 35.9 Å². The second-order valence-electron chi connectivity index (χ2n) is 6.10. The topological polar surface area (TPSA) is 60.2 Å². The van der Waals surface area contributed by atoms with Crippen LogP contribution in [0.15, 0.2) is 30.7 Å². The smallest absolute Gasteiger partial charge is 0.361 e. The van der Waals surface area contributed by atoms with Gasteiger partial charge >= 0.3 is 12.4 Å². The number of rotatable bonds is 6. The van der Waals surface area contributed by atoms with Gasteiger partial charge in [0.1, 0.15) is 0 Å². The third-order valence-corrected chi connectivity index (χ3v) is 4.36. The first-order chi connectivity index (χ1) is 13.4. The number of hydrogen-bond acceptors (Lipinski definition) is 4. The number of carbonyl (C=O) groups is 1. The summed E-state index contributed by atoms with van der Waals surface area (Å²) < 4.78 is 84.8. The third-order valence-electron chi connectivity index (χ3n) is 4.36. The molecule has 2 heterocycles. The van der Waals surface area contributed by atoms with Crippen LogP contribution in [0.3, 0.4) is 0 Å². The number of aryl methyl sites for hydroxylation is 1. The van der Waals surface area contributed by atoms with E-state index in [4.69, 9.17) is 0 Å². The Bertz CT molecular complexity index is 834. The van der Waals surface area contributed by atoms with E-state index < -0.39 is 30.3 Å². The largest absolute Gasteiger partial charge is 0.427 e. The number of anilines is 1. The summed E-state index contributed by atoms with van der Waals surface area (Å²) in [5, 5.41) is 4.15. The molecule has 0 saturated carbocycles. The molecule has 29 heavy (non-hydrogen) atoms. The van der Waals surface area contributed by atoms with E-state index in [1.54, 1.807) is 12.1 Å². The van der Waals surface area contributed by atoms with Gasteiger partial charge in [0, 0.05) is 19.9 Å². The highest BCUT2D eigenvalue weighted by molar-refractivity contribution is 5.94. The molecule has 2 rings (SSSR count). The zero-order valence-corrected chi connectivity index (χ0v) is 15.7. The maximum atomic E-state index is 13.3. The standard InChI is InChI=1S/C17H18F6N4O2/c1-4-26(13-10-27(25-11(13)2)12-6-5-7-24-9-12)14(28)8-15(29-3,16(18,19)20)17(21,22)23/h5-7,9-10H,4,8H2,1-3H3. The Morgan fingerprint density at radius 2 is 1.83 bits per heavy atom. The fourth-order valence-corrected chi connectivity index (χ4v) is 2.79. The van der Waals surface area contributed by atoms with Gasteiger partial charge in [-0.05, 0) is 26.0 Å². The van der Waals surface area contributed by atoms with Gasteiger partial charge in [-0.15, -0.1) is 0 Å². The fourth-order valence-electron chi connectivity index (χ4n) is 2.79. The van der Waals surface area contributed by atoms with E-state index in [0.29, 0.717) is 5.69 Å². The average Bonchev–Trinajstić information content (AvgIpc) is 3.00. The summed E-state index contributed by atoms with van der Waals surface area (Å²) in [6, 6.07) is 3.26. The number of nitrogens with zero attached hydrogens (tertiary/aromatic N) is 4. The summed E-state index contributed by atoms with van der Waals surface area (Å²) in [5.41, 5.74) is -3.79. The van der Waals surface area contributed by atoms with Crippen LogP contribution in [0.1, 0.15) is 19.0 Å². The summed E-state index contributed by atoms with van der Waals surface area (Å²) in [7, 11) is 0.274. The normalized spacial score (nSPS) is 12.9. The molecule has 0 unspecified atom stereocenters. The van der Waals surface area contributed by atoms with Crippen molar-refractivity contribution in [3.8, 4) is 5.69 Å². The lowest BCUT2D eigenvalue weighted by Gasteiger charge is -2.36. The van der Waals surface area contributed by atoms with Crippen molar-refractivity contribution in [2.75, 3.05) is 18.6 Å². The Morgan fingerprint density at radius 3 is 2.28 bits per heavy atom. The molecule has 0 aliphatic carbocycles. The van der Waals surface area contributed by atoms with E-state index in [-0.39, 0.29) is 25.0 Å².